The Labute approximate surface area is 159 Å². The van der Waals surface area contributed by atoms with Crippen molar-refractivity contribution in [2.45, 2.75) is 37.2 Å². The maximum Gasteiger partial charge on any atom is 0.267 e. The summed E-state index contributed by atoms with van der Waals surface area (Å²) < 4.78 is 32.0. The minimum absolute atomic E-state index is 0.0748. The summed E-state index contributed by atoms with van der Waals surface area (Å²) in [6.45, 7) is 1.67. The third kappa shape index (κ3) is 3.03. The molecular weight excluding hydrogens is 388 g/mol. The predicted molar refractivity (Wildman–Crippen MR) is 94.5 cm³/mol. The molecule has 2 aromatic rings. The Bertz CT molecular complexity index is 1110. The predicted octanol–water partition coefficient (Wildman–Crippen LogP) is 0.545. The lowest BCUT2D eigenvalue weighted by molar-refractivity contribution is -0.136. The number of carbonyl (C=O) groups excluding carboxylic acids is 3. The first kappa shape index (κ1) is 18.2. The Morgan fingerprint density at radius 1 is 1.29 bits per heavy atom. The Hall–Kier alpha value is -3.21. The number of nitrogens with zero attached hydrogens (tertiary/aromatic N) is 2. The lowest BCUT2D eigenvalue weighted by Gasteiger charge is -2.29. The van der Waals surface area contributed by atoms with Gasteiger partial charge in [0, 0.05) is 24.2 Å². The molecule has 4 rings (SSSR count). The smallest absolute Gasteiger partial charge is 0.267 e. The summed E-state index contributed by atoms with van der Waals surface area (Å²) in [7, 11) is -3.89. The highest BCUT2D eigenvalue weighted by atomic mass is 32.2. The average molecular weight is 404 g/mol. The number of aryl methyl sites for hydroxylation is 1. The van der Waals surface area contributed by atoms with Crippen molar-refractivity contribution >= 4 is 33.4 Å². The zero-order chi connectivity index (χ0) is 20.1. The zero-order valence-electron chi connectivity index (χ0n) is 14.8. The quantitative estimate of drug-likeness (QED) is 0.709. The van der Waals surface area contributed by atoms with Gasteiger partial charge < -0.3 is 9.42 Å². The maximum absolute atomic E-state index is 12.7. The molecule has 3 amide bonds. The van der Waals surface area contributed by atoms with Crippen molar-refractivity contribution in [3.63, 3.8) is 0 Å². The van der Waals surface area contributed by atoms with Crippen LogP contribution in [0.25, 0.3) is 0 Å². The number of imide groups is 1. The van der Waals surface area contributed by atoms with Crippen LogP contribution in [0.4, 0.5) is 5.69 Å². The van der Waals surface area contributed by atoms with E-state index >= 15 is 0 Å². The van der Waals surface area contributed by atoms with Crippen LogP contribution in [0.5, 0.6) is 0 Å². The van der Waals surface area contributed by atoms with Crippen LogP contribution in [0.1, 0.15) is 34.5 Å². The molecule has 10 nitrogen and oxygen atoms in total. The first-order chi connectivity index (χ1) is 13.3. The van der Waals surface area contributed by atoms with Gasteiger partial charge in [0.2, 0.25) is 11.8 Å². The normalized spacial score (nSPS) is 19.5. The van der Waals surface area contributed by atoms with Crippen LogP contribution < -0.4 is 10.0 Å². The van der Waals surface area contributed by atoms with Crippen molar-refractivity contribution < 1.29 is 27.3 Å². The molecule has 146 valence electrons. The van der Waals surface area contributed by atoms with Gasteiger partial charge in [-0.3, -0.25) is 24.4 Å². The van der Waals surface area contributed by atoms with E-state index < -0.39 is 22.0 Å². The third-order valence-electron chi connectivity index (χ3n) is 4.77. The number of carbonyl (C=O) groups is 3. The second kappa shape index (κ2) is 6.44. The Kier molecular flexibility index (Phi) is 4.18. The maximum atomic E-state index is 12.7. The van der Waals surface area contributed by atoms with E-state index in [0.29, 0.717) is 11.1 Å². The fourth-order valence-electron chi connectivity index (χ4n) is 3.39. The van der Waals surface area contributed by atoms with Gasteiger partial charge in [-0.15, -0.1) is 0 Å². The number of amides is 3. The molecule has 11 heteroatoms. The number of rotatable bonds is 4. The fourth-order valence-corrected chi connectivity index (χ4v) is 4.53. The summed E-state index contributed by atoms with van der Waals surface area (Å²) in [4.78, 5) is 37.4. The van der Waals surface area contributed by atoms with Gasteiger partial charge in [-0.25, -0.2) is 8.42 Å². The molecule has 0 radical (unpaired) electrons. The third-order valence-corrected chi connectivity index (χ3v) is 6.25. The molecule has 1 aromatic heterocycles. The van der Waals surface area contributed by atoms with Crippen LogP contribution in [0.15, 0.2) is 33.9 Å². The zero-order valence-corrected chi connectivity index (χ0v) is 15.6. The number of hydrogen-bond acceptors (Lipinski definition) is 7. The second-order valence-electron chi connectivity index (χ2n) is 6.64. The molecule has 1 aromatic carbocycles. The summed E-state index contributed by atoms with van der Waals surface area (Å²) in [5, 5.41) is 5.80. The number of fused-ring (bicyclic) bond motifs is 1. The van der Waals surface area contributed by atoms with E-state index in [-0.39, 0.29) is 47.5 Å². The summed E-state index contributed by atoms with van der Waals surface area (Å²) in [6.07, 6.45) is 1.47. The molecule has 1 fully saturated rings. The molecular formula is C17H16N4O6S. The van der Waals surface area contributed by atoms with Gasteiger partial charge in [0.05, 0.1) is 0 Å². The Balaban J connectivity index is 1.57. The summed E-state index contributed by atoms with van der Waals surface area (Å²) in [5.74, 6) is -1.18. The van der Waals surface area contributed by atoms with Crippen molar-refractivity contribution in [1.82, 2.24) is 15.4 Å². The largest absolute Gasteiger partial charge is 0.363 e. The highest BCUT2D eigenvalue weighted by molar-refractivity contribution is 7.92. The van der Waals surface area contributed by atoms with Gasteiger partial charge >= 0.3 is 0 Å². The van der Waals surface area contributed by atoms with E-state index in [1.807, 2.05) is 0 Å². The number of benzene rings is 1. The Morgan fingerprint density at radius 3 is 2.75 bits per heavy atom. The minimum atomic E-state index is -3.89. The lowest BCUT2D eigenvalue weighted by Crippen LogP contribution is -2.52. The number of nitrogens with one attached hydrogen (secondary N) is 2. The molecule has 2 aliphatic heterocycles. The van der Waals surface area contributed by atoms with Gasteiger partial charge in [0.15, 0.2) is 0 Å². The first-order valence-corrected chi connectivity index (χ1v) is 9.96. The molecule has 28 heavy (non-hydrogen) atoms. The number of anilines is 1. The highest BCUT2D eigenvalue weighted by Crippen LogP contribution is 2.30. The first-order valence-electron chi connectivity index (χ1n) is 8.47. The molecule has 1 unspecified atom stereocenters. The van der Waals surface area contributed by atoms with Crippen molar-refractivity contribution in [2.24, 2.45) is 0 Å². The molecule has 2 N–H and O–H groups in total. The SMILES string of the molecule is Cc1nocc1S(=O)(=O)Nc1ccc2c(c1)CN(C1CCC(=O)NC1=O)C2=O. The summed E-state index contributed by atoms with van der Waals surface area (Å²) in [6, 6.07) is 3.82. The monoisotopic (exact) mass is 404 g/mol. The molecule has 2 aliphatic rings. The van der Waals surface area contributed by atoms with Crippen LogP contribution in [-0.2, 0) is 26.2 Å². The number of sulfonamides is 1. The van der Waals surface area contributed by atoms with Crippen molar-refractivity contribution in [3.05, 3.63) is 41.3 Å². The van der Waals surface area contributed by atoms with Gasteiger partial charge in [-0.1, -0.05) is 5.16 Å². The second-order valence-corrected chi connectivity index (χ2v) is 8.29. The molecule has 0 spiro atoms. The van der Waals surface area contributed by atoms with E-state index in [9.17, 15) is 22.8 Å². The standard InChI is InChI=1S/C17H16N4O6S/c1-9-14(8-27-19-9)28(25,26)20-11-2-3-12-10(6-11)7-21(17(12)24)13-4-5-15(22)18-16(13)23/h2-3,6,8,13,20H,4-5,7H2,1H3,(H,18,22,23). The number of hydrogen-bond donors (Lipinski definition) is 2. The van der Waals surface area contributed by atoms with Crippen molar-refractivity contribution in [1.29, 1.82) is 0 Å². The lowest BCUT2D eigenvalue weighted by atomic mass is 10.0. The number of piperidine rings is 1. The molecule has 1 atom stereocenters. The van der Waals surface area contributed by atoms with Crippen LogP contribution >= 0.6 is 0 Å². The van der Waals surface area contributed by atoms with Gasteiger partial charge in [0.25, 0.3) is 15.9 Å². The van der Waals surface area contributed by atoms with E-state index in [0.717, 1.165) is 6.26 Å². The van der Waals surface area contributed by atoms with Crippen LogP contribution in [0.2, 0.25) is 0 Å². The molecule has 3 heterocycles. The highest BCUT2D eigenvalue weighted by Gasteiger charge is 2.39. The Morgan fingerprint density at radius 2 is 2.07 bits per heavy atom. The average Bonchev–Trinajstić information content (AvgIpc) is 3.19. The van der Waals surface area contributed by atoms with Crippen LogP contribution in [0.3, 0.4) is 0 Å². The van der Waals surface area contributed by atoms with Gasteiger partial charge in [-0.2, -0.15) is 0 Å². The van der Waals surface area contributed by atoms with E-state index in [1.165, 1.54) is 24.0 Å². The molecule has 0 bridgehead atoms. The van der Waals surface area contributed by atoms with E-state index in [4.69, 9.17) is 0 Å². The topological polar surface area (TPSA) is 139 Å². The van der Waals surface area contributed by atoms with Crippen molar-refractivity contribution in [2.75, 3.05) is 4.72 Å². The van der Waals surface area contributed by atoms with Gasteiger partial charge in [0.1, 0.15) is 22.9 Å². The van der Waals surface area contributed by atoms with E-state index in [1.54, 1.807) is 6.07 Å². The number of aromatic nitrogens is 1. The molecule has 0 aliphatic carbocycles. The van der Waals surface area contributed by atoms with Crippen LogP contribution in [-0.4, -0.2) is 42.2 Å². The summed E-state index contributed by atoms with van der Waals surface area (Å²) in [5.41, 5.74) is 1.50. The fraction of sp³-hybridized carbons (Fsp3) is 0.294. The summed E-state index contributed by atoms with van der Waals surface area (Å²) >= 11 is 0. The van der Waals surface area contributed by atoms with Crippen LogP contribution in [0, 0.1) is 6.92 Å². The minimum Gasteiger partial charge on any atom is -0.363 e. The van der Waals surface area contributed by atoms with Crippen molar-refractivity contribution in [3.8, 4) is 0 Å². The van der Waals surface area contributed by atoms with E-state index in [2.05, 4.69) is 19.7 Å². The molecule has 1 saturated heterocycles. The van der Waals surface area contributed by atoms with Gasteiger partial charge in [-0.05, 0) is 37.1 Å². The molecule has 0 saturated carbocycles.